The summed E-state index contributed by atoms with van der Waals surface area (Å²) in [5.41, 5.74) is 0.416. The fraction of sp³-hybridized carbons (Fsp3) is 0.250. The van der Waals surface area contributed by atoms with E-state index in [-0.39, 0.29) is 0 Å². The molecule has 4 heteroatoms. The lowest BCUT2D eigenvalue weighted by molar-refractivity contribution is 0.195. The molecule has 0 aromatic heterocycles. The molecule has 1 atom stereocenters. The quantitative estimate of drug-likeness (QED) is 0.894. The number of rotatable bonds is 5. The van der Waals surface area contributed by atoms with Gasteiger partial charge >= 0.3 is 0 Å². The number of halogens is 1. The first-order chi connectivity index (χ1) is 9.60. The number of hydrogen-bond acceptors (Lipinski definition) is 3. The van der Waals surface area contributed by atoms with Gasteiger partial charge in [-0.05, 0) is 56.3 Å². The minimum absolute atomic E-state index is 0.403. The van der Waals surface area contributed by atoms with Crippen LogP contribution >= 0.6 is 0 Å². The lowest BCUT2D eigenvalue weighted by atomic mass is 10.1. The van der Waals surface area contributed by atoms with Crippen molar-refractivity contribution in [2.75, 3.05) is 6.61 Å². The molecule has 0 aliphatic rings. The first kappa shape index (κ1) is 14.3. The van der Waals surface area contributed by atoms with Crippen LogP contribution < -0.4 is 9.47 Å². The van der Waals surface area contributed by atoms with Crippen molar-refractivity contribution in [3.63, 3.8) is 0 Å². The van der Waals surface area contributed by atoms with E-state index in [2.05, 4.69) is 0 Å². The molecule has 20 heavy (non-hydrogen) atoms. The fourth-order valence-corrected chi connectivity index (χ4v) is 1.84. The van der Waals surface area contributed by atoms with Crippen LogP contribution in [-0.4, -0.2) is 11.7 Å². The predicted octanol–water partition coefficient (Wildman–Crippen LogP) is 4.07. The van der Waals surface area contributed by atoms with Crippen LogP contribution in [0.25, 0.3) is 0 Å². The summed E-state index contributed by atoms with van der Waals surface area (Å²) >= 11 is 0. The van der Waals surface area contributed by atoms with Gasteiger partial charge in [0.05, 0.1) is 12.7 Å². The molecule has 0 aliphatic heterocycles. The maximum atomic E-state index is 13.2. The summed E-state index contributed by atoms with van der Waals surface area (Å²) in [4.78, 5) is 0. The van der Waals surface area contributed by atoms with E-state index in [0.29, 0.717) is 23.7 Å². The van der Waals surface area contributed by atoms with Gasteiger partial charge in [-0.3, -0.25) is 0 Å². The van der Waals surface area contributed by atoms with Crippen LogP contribution in [0.1, 0.15) is 25.5 Å². The summed E-state index contributed by atoms with van der Waals surface area (Å²) in [5, 5.41) is 9.65. The fourth-order valence-electron chi connectivity index (χ4n) is 1.84. The van der Waals surface area contributed by atoms with Gasteiger partial charge in [-0.25, -0.2) is 4.39 Å². The van der Waals surface area contributed by atoms with Crippen molar-refractivity contribution < 1.29 is 19.0 Å². The van der Waals surface area contributed by atoms with E-state index in [9.17, 15) is 9.50 Å². The van der Waals surface area contributed by atoms with Crippen LogP contribution in [0.5, 0.6) is 17.2 Å². The average Bonchev–Trinajstić information content (AvgIpc) is 2.43. The van der Waals surface area contributed by atoms with Gasteiger partial charge in [-0.1, -0.05) is 0 Å². The van der Waals surface area contributed by atoms with Crippen molar-refractivity contribution in [3.8, 4) is 17.2 Å². The van der Waals surface area contributed by atoms with Crippen molar-refractivity contribution in [2.24, 2.45) is 0 Å². The third kappa shape index (κ3) is 3.48. The molecule has 1 unspecified atom stereocenters. The molecule has 0 saturated heterocycles. The Hall–Kier alpha value is -2.07. The van der Waals surface area contributed by atoms with Crippen molar-refractivity contribution >= 4 is 0 Å². The van der Waals surface area contributed by atoms with Crippen molar-refractivity contribution in [1.29, 1.82) is 0 Å². The molecule has 0 heterocycles. The highest BCUT2D eigenvalue weighted by molar-refractivity contribution is 5.40. The third-order valence-corrected chi connectivity index (χ3v) is 2.78. The van der Waals surface area contributed by atoms with E-state index in [0.717, 1.165) is 5.75 Å². The maximum absolute atomic E-state index is 13.2. The molecule has 0 spiro atoms. The van der Waals surface area contributed by atoms with Crippen LogP contribution in [0.3, 0.4) is 0 Å². The lowest BCUT2D eigenvalue weighted by Gasteiger charge is -2.13. The normalized spacial score (nSPS) is 12.0. The van der Waals surface area contributed by atoms with Gasteiger partial charge in [0, 0.05) is 5.56 Å². The third-order valence-electron chi connectivity index (χ3n) is 2.78. The Morgan fingerprint density at radius 2 is 1.75 bits per heavy atom. The first-order valence-corrected chi connectivity index (χ1v) is 6.48. The Morgan fingerprint density at radius 1 is 1.10 bits per heavy atom. The van der Waals surface area contributed by atoms with Gasteiger partial charge in [-0.15, -0.1) is 0 Å². The highest BCUT2D eigenvalue weighted by Gasteiger charge is 2.11. The first-order valence-electron chi connectivity index (χ1n) is 6.48. The molecule has 0 fully saturated rings. The maximum Gasteiger partial charge on any atom is 0.133 e. The molecule has 1 N–H and O–H groups in total. The van der Waals surface area contributed by atoms with Crippen LogP contribution in [-0.2, 0) is 0 Å². The molecular weight excluding hydrogens is 259 g/mol. The molecule has 0 aliphatic carbocycles. The van der Waals surface area contributed by atoms with E-state index < -0.39 is 11.9 Å². The van der Waals surface area contributed by atoms with E-state index in [1.807, 2.05) is 6.92 Å². The summed E-state index contributed by atoms with van der Waals surface area (Å²) in [5.74, 6) is 1.39. The smallest absolute Gasteiger partial charge is 0.133 e. The summed E-state index contributed by atoms with van der Waals surface area (Å²) in [6, 6.07) is 11.2. The van der Waals surface area contributed by atoms with Crippen LogP contribution in [0.4, 0.5) is 4.39 Å². The molecule has 2 rings (SSSR count). The second kappa shape index (κ2) is 6.39. The summed E-state index contributed by atoms with van der Waals surface area (Å²) in [7, 11) is 0. The molecule has 2 aromatic rings. The second-order valence-electron chi connectivity index (χ2n) is 4.36. The Morgan fingerprint density at radius 3 is 2.35 bits per heavy atom. The number of benzene rings is 2. The highest BCUT2D eigenvalue weighted by atomic mass is 19.1. The Bertz CT molecular complexity index is 564. The summed E-state index contributed by atoms with van der Waals surface area (Å²) in [6.45, 7) is 4.09. The van der Waals surface area contributed by atoms with E-state index in [1.54, 1.807) is 31.2 Å². The Balaban J connectivity index is 2.21. The minimum atomic E-state index is -0.802. The van der Waals surface area contributed by atoms with Gasteiger partial charge in [-0.2, -0.15) is 0 Å². The molecular formula is C16H17FO3. The average molecular weight is 276 g/mol. The largest absolute Gasteiger partial charge is 0.494 e. The lowest BCUT2D eigenvalue weighted by Crippen LogP contribution is -1.97. The zero-order chi connectivity index (χ0) is 14.5. The number of ether oxygens (including phenoxy) is 2. The molecule has 0 saturated carbocycles. The van der Waals surface area contributed by atoms with Crippen molar-refractivity contribution in [1.82, 2.24) is 0 Å². The molecule has 3 nitrogen and oxygen atoms in total. The Kier molecular flexibility index (Phi) is 4.58. The van der Waals surface area contributed by atoms with Crippen LogP contribution in [0.2, 0.25) is 0 Å². The second-order valence-corrected chi connectivity index (χ2v) is 4.36. The molecule has 0 bridgehead atoms. The van der Waals surface area contributed by atoms with Crippen LogP contribution in [0.15, 0.2) is 42.5 Å². The van der Waals surface area contributed by atoms with Crippen LogP contribution in [0, 0.1) is 5.82 Å². The van der Waals surface area contributed by atoms with E-state index >= 15 is 0 Å². The highest BCUT2D eigenvalue weighted by Crippen LogP contribution is 2.31. The Labute approximate surface area is 117 Å². The van der Waals surface area contributed by atoms with Gasteiger partial charge in [0.1, 0.15) is 23.1 Å². The van der Waals surface area contributed by atoms with Gasteiger partial charge in [0.25, 0.3) is 0 Å². The van der Waals surface area contributed by atoms with E-state index in [1.165, 1.54) is 18.2 Å². The monoisotopic (exact) mass is 276 g/mol. The van der Waals surface area contributed by atoms with Gasteiger partial charge < -0.3 is 14.6 Å². The van der Waals surface area contributed by atoms with Gasteiger partial charge in [0.2, 0.25) is 0 Å². The number of hydrogen-bond donors (Lipinski definition) is 1. The van der Waals surface area contributed by atoms with Crippen molar-refractivity contribution in [2.45, 2.75) is 20.0 Å². The van der Waals surface area contributed by atoms with E-state index in [4.69, 9.17) is 9.47 Å². The summed E-state index contributed by atoms with van der Waals surface area (Å²) < 4.78 is 24.2. The standard InChI is InChI=1S/C16H17FO3/c1-3-19-13-5-7-14(8-6-13)20-16-9-4-12(17)10-15(16)11(2)18/h4-11,18H,3H2,1-2H3. The molecule has 0 radical (unpaired) electrons. The zero-order valence-electron chi connectivity index (χ0n) is 11.5. The van der Waals surface area contributed by atoms with Gasteiger partial charge in [0.15, 0.2) is 0 Å². The zero-order valence-corrected chi connectivity index (χ0v) is 11.5. The number of aliphatic hydroxyl groups excluding tert-OH is 1. The SMILES string of the molecule is CCOc1ccc(Oc2ccc(F)cc2C(C)O)cc1. The van der Waals surface area contributed by atoms with Crippen molar-refractivity contribution in [3.05, 3.63) is 53.8 Å². The topological polar surface area (TPSA) is 38.7 Å². The summed E-state index contributed by atoms with van der Waals surface area (Å²) in [6.07, 6.45) is -0.802. The molecule has 106 valence electrons. The number of aliphatic hydroxyl groups is 1. The predicted molar refractivity (Wildman–Crippen MR) is 74.7 cm³/mol. The molecule has 0 amide bonds. The minimum Gasteiger partial charge on any atom is -0.494 e. The molecule has 2 aromatic carbocycles.